The van der Waals surface area contributed by atoms with Crippen LogP contribution >= 0.6 is 23.2 Å². The van der Waals surface area contributed by atoms with E-state index in [4.69, 9.17) is 36.9 Å². The van der Waals surface area contributed by atoms with E-state index in [1.54, 1.807) is 10.8 Å². The summed E-state index contributed by atoms with van der Waals surface area (Å²) in [4.78, 5) is 19.4. The van der Waals surface area contributed by atoms with Crippen molar-refractivity contribution in [2.24, 2.45) is 0 Å². The molecule has 2 rings (SSSR count). The average Bonchev–Trinajstić information content (AvgIpc) is 2.59. The Hall–Kier alpha value is -2.50. The van der Waals surface area contributed by atoms with Crippen LogP contribution in [0.25, 0.3) is 0 Å². The van der Waals surface area contributed by atoms with E-state index < -0.39 is 16.3 Å². The summed E-state index contributed by atoms with van der Waals surface area (Å²) in [6, 6.07) is 6.13. The summed E-state index contributed by atoms with van der Waals surface area (Å²) >= 11 is 11.3. The first kappa shape index (κ1) is 20.8. The Labute approximate surface area is 165 Å². The minimum absolute atomic E-state index is 0.0124. The number of alkyl halides is 1. The number of anilines is 1. The minimum Gasteiger partial charge on any atom is -0.488 e. The van der Waals surface area contributed by atoms with Gasteiger partial charge in [-0.05, 0) is 12.1 Å². The Balaban J connectivity index is 2.06. The molecule has 0 saturated heterocycles. The monoisotopic (exact) mass is 436 g/mol. The normalized spacial score (nSPS) is 10.8. The molecule has 2 N–H and O–H groups in total. The number of benzene rings is 1. The van der Waals surface area contributed by atoms with Crippen molar-refractivity contribution >= 4 is 45.5 Å². The van der Waals surface area contributed by atoms with E-state index in [1.807, 2.05) is 0 Å². The first-order chi connectivity index (χ1) is 12.8. The number of ether oxygens (including phenoxy) is 2. The zero-order chi connectivity index (χ0) is 19.9. The van der Waals surface area contributed by atoms with Gasteiger partial charge in [-0.3, -0.25) is 5.32 Å². The van der Waals surface area contributed by atoms with Crippen LogP contribution in [0.15, 0.2) is 30.3 Å². The van der Waals surface area contributed by atoms with Gasteiger partial charge in [0.2, 0.25) is 11.8 Å². The SMILES string of the molecule is COc1cc(Cl)nc(NC(=O)NS(=O)(=O)Oc2ccccc2OCCCl)n1. The molecule has 1 heterocycles. The highest BCUT2D eigenvalue weighted by molar-refractivity contribution is 7.85. The summed E-state index contributed by atoms with van der Waals surface area (Å²) in [6.45, 7) is 0.143. The highest BCUT2D eigenvalue weighted by atomic mass is 35.5. The van der Waals surface area contributed by atoms with Crippen molar-refractivity contribution < 1.29 is 26.9 Å². The molecule has 146 valence electrons. The molecule has 0 radical (unpaired) electrons. The van der Waals surface area contributed by atoms with Gasteiger partial charge < -0.3 is 13.7 Å². The fourth-order valence-electron chi connectivity index (χ4n) is 1.72. The minimum atomic E-state index is -4.52. The molecule has 0 aliphatic carbocycles. The third-order valence-electron chi connectivity index (χ3n) is 2.71. The average molecular weight is 437 g/mol. The van der Waals surface area contributed by atoms with Gasteiger partial charge in [0.15, 0.2) is 11.5 Å². The predicted octanol–water partition coefficient (Wildman–Crippen LogP) is 2.20. The molecule has 0 fully saturated rings. The Bertz CT molecular complexity index is 912. The van der Waals surface area contributed by atoms with Crippen LogP contribution in [0, 0.1) is 0 Å². The smallest absolute Gasteiger partial charge is 0.411 e. The Morgan fingerprint density at radius 1 is 1.22 bits per heavy atom. The topological polar surface area (TPSA) is 129 Å². The molecule has 0 spiro atoms. The Kier molecular flexibility index (Phi) is 7.28. The molecule has 0 atom stereocenters. The van der Waals surface area contributed by atoms with Gasteiger partial charge in [-0.15, -0.1) is 11.6 Å². The van der Waals surface area contributed by atoms with Crippen LogP contribution in [-0.4, -0.2) is 44.0 Å². The Morgan fingerprint density at radius 3 is 2.59 bits per heavy atom. The molecule has 0 saturated carbocycles. The van der Waals surface area contributed by atoms with Gasteiger partial charge in [-0.1, -0.05) is 23.7 Å². The molecule has 0 aliphatic rings. The zero-order valence-electron chi connectivity index (χ0n) is 13.8. The van der Waals surface area contributed by atoms with Crippen molar-refractivity contribution in [3.8, 4) is 17.4 Å². The number of para-hydroxylation sites is 2. The lowest BCUT2D eigenvalue weighted by atomic mass is 10.3. The largest absolute Gasteiger partial charge is 0.488 e. The van der Waals surface area contributed by atoms with Gasteiger partial charge in [0.25, 0.3) is 0 Å². The van der Waals surface area contributed by atoms with Gasteiger partial charge in [0, 0.05) is 6.07 Å². The summed E-state index contributed by atoms with van der Waals surface area (Å²) in [5, 5.41) is 2.09. The summed E-state index contributed by atoms with van der Waals surface area (Å²) in [5.74, 6) is 0.0355. The number of carbonyl (C=O) groups is 1. The zero-order valence-corrected chi connectivity index (χ0v) is 16.1. The number of urea groups is 1. The van der Waals surface area contributed by atoms with E-state index in [1.165, 1.54) is 31.4 Å². The highest BCUT2D eigenvalue weighted by Gasteiger charge is 2.20. The molecule has 0 aliphatic heterocycles. The summed E-state index contributed by atoms with van der Waals surface area (Å²) in [6.07, 6.45) is 0. The summed E-state index contributed by atoms with van der Waals surface area (Å²) in [7, 11) is -3.18. The number of halogens is 2. The third kappa shape index (κ3) is 6.62. The molecule has 2 amide bonds. The van der Waals surface area contributed by atoms with Crippen LogP contribution in [0.5, 0.6) is 17.4 Å². The Morgan fingerprint density at radius 2 is 1.93 bits per heavy atom. The third-order valence-corrected chi connectivity index (χ3v) is 3.89. The van der Waals surface area contributed by atoms with Crippen LogP contribution in [0.1, 0.15) is 0 Å². The summed E-state index contributed by atoms with van der Waals surface area (Å²) in [5.41, 5.74) is 0. The van der Waals surface area contributed by atoms with Gasteiger partial charge >= 0.3 is 16.3 Å². The maximum absolute atomic E-state index is 12.0. The first-order valence-electron chi connectivity index (χ1n) is 7.22. The number of amides is 2. The molecule has 2 aromatic rings. The van der Waals surface area contributed by atoms with Crippen molar-refractivity contribution in [2.45, 2.75) is 0 Å². The fraction of sp³-hybridized carbons (Fsp3) is 0.214. The van der Waals surface area contributed by atoms with Crippen LogP contribution in [0.4, 0.5) is 10.7 Å². The number of carbonyl (C=O) groups excluding carboxylic acids is 1. The maximum atomic E-state index is 12.0. The number of methoxy groups -OCH3 is 1. The molecule has 1 aromatic heterocycles. The standard InChI is InChI=1S/C14H14Cl2N4O6S/c1-24-12-8-11(16)17-13(18-12)19-14(21)20-27(22,23)26-10-5-3-2-4-9(10)25-7-6-15/h2-5,8H,6-7H2,1H3,(H2,17,18,19,20,21). The number of nitrogens with one attached hydrogen (secondary N) is 2. The molecule has 1 aromatic carbocycles. The second-order valence-corrected chi connectivity index (χ2v) is 6.68. The number of hydrogen-bond acceptors (Lipinski definition) is 8. The van der Waals surface area contributed by atoms with Crippen LogP contribution in [0.3, 0.4) is 0 Å². The fourth-order valence-corrected chi connectivity index (χ4v) is 2.67. The molecule has 0 bridgehead atoms. The van der Waals surface area contributed by atoms with Crippen LogP contribution < -0.4 is 23.7 Å². The van der Waals surface area contributed by atoms with E-state index in [0.717, 1.165) is 0 Å². The van der Waals surface area contributed by atoms with Gasteiger partial charge in [-0.2, -0.15) is 13.4 Å². The van der Waals surface area contributed by atoms with Crippen molar-refractivity contribution in [1.82, 2.24) is 14.7 Å². The van der Waals surface area contributed by atoms with Crippen molar-refractivity contribution in [3.05, 3.63) is 35.5 Å². The molecule has 13 heteroatoms. The number of rotatable bonds is 8. The van der Waals surface area contributed by atoms with Crippen molar-refractivity contribution in [1.29, 1.82) is 0 Å². The second kappa shape index (κ2) is 9.44. The lowest BCUT2D eigenvalue weighted by molar-refractivity contribution is 0.255. The number of hydrogen-bond donors (Lipinski definition) is 2. The van der Waals surface area contributed by atoms with Gasteiger partial charge in [0.1, 0.15) is 11.8 Å². The predicted molar refractivity (Wildman–Crippen MR) is 98.0 cm³/mol. The molecule has 10 nitrogen and oxygen atoms in total. The molecule has 0 unspecified atom stereocenters. The van der Waals surface area contributed by atoms with Crippen LogP contribution in [-0.2, 0) is 10.3 Å². The van der Waals surface area contributed by atoms with Crippen LogP contribution in [0.2, 0.25) is 5.15 Å². The number of aromatic nitrogens is 2. The van der Waals surface area contributed by atoms with Crippen molar-refractivity contribution in [3.63, 3.8) is 0 Å². The van der Waals surface area contributed by atoms with E-state index >= 15 is 0 Å². The van der Waals surface area contributed by atoms with Gasteiger partial charge in [0.05, 0.1) is 13.0 Å². The number of nitrogens with zero attached hydrogens (tertiary/aromatic N) is 2. The van der Waals surface area contributed by atoms with Crippen molar-refractivity contribution in [2.75, 3.05) is 24.9 Å². The maximum Gasteiger partial charge on any atom is 0.411 e. The van der Waals surface area contributed by atoms with E-state index in [-0.39, 0.29) is 41.0 Å². The first-order valence-corrected chi connectivity index (χ1v) is 9.54. The quantitative estimate of drug-likeness (QED) is 0.475. The van der Waals surface area contributed by atoms with E-state index in [0.29, 0.717) is 0 Å². The van der Waals surface area contributed by atoms with Gasteiger partial charge in [-0.25, -0.2) is 14.5 Å². The highest BCUT2D eigenvalue weighted by Crippen LogP contribution is 2.27. The molecular formula is C14H14Cl2N4O6S. The van der Waals surface area contributed by atoms with E-state index in [2.05, 4.69) is 15.3 Å². The second-order valence-electron chi connectivity index (χ2n) is 4.63. The lowest BCUT2D eigenvalue weighted by Gasteiger charge is -2.12. The lowest BCUT2D eigenvalue weighted by Crippen LogP contribution is -2.37. The molecule has 27 heavy (non-hydrogen) atoms. The van der Waals surface area contributed by atoms with E-state index in [9.17, 15) is 13.2 Å². The molecular weight excluding hydrogens is 423 g/mol. The summed E-state index contributed by atoms with van der Waals surface area (Å²) < 4.78 is 40.7.